The van der Waals surface area contributed by atoms with Crippen molar-refractivity contribution in [3.8, 4) is 11.5 Å². The zero-order chi connectivity index (χ0) is 12.7. The molecule has 2 N–H and O–H groups in total. The van der Waals surface area contributed by atoms with Gasteiger partial charge in [0, 0.05) is 12.7 Å². The first-order valence-corrected chi connectivity index (χ1v) is 5.26. The lowest BCUT2D eigenvalue weighted by atomic mass is 9.92. The molecule has 0 fully saturated rings. The van der Waals surface area contributed by atoms with Crippen LogP contribution in [-0.4, -0.2) is 29.4 Å². The molecular formula is C12H14O5. The van der Waals surface area contributed by atoms with Gasteiger partial charge in [0.2, 0.25) is 0 Å². The van der Waals surface area contributed by atoms with Crippen molar-refractivity contribution in [3.05, 3.63) is 22.8 Å². The summed E-state index contributed by atoms with van der Waals surface area (Å²) in [5, 5.41) is 19.8. The minimum Gasteiger partial charge on any atom is -0.508 e. The maximum atomic E-state index is 11.7. The van der Waals surface area contributed by atoms with Crippen molar-refractivity contribution in [2.45, 2.75) is 26.1 Å². The van der Waals surface area contributed by atoms with E-state index in [-0.39, 0.29) is 17.1 Å². The third-order valence-electron chi connectivity index (χ3n) is 2.97. The summed E-state index contributed by atoms with van der Waals surface area (Å²) < 4.78 is 10.3. The van der Waals surface area contributed by atoms with Gasteiger partial charge in [-0.15, -0.1) is 0 Å². The molecule has 5 heteroatoms. The second-order valence-electron chi connectivity index (χ2n) is 4.12. The number of carbonyl (C=O) groups excluding carboxylic acids is 1. The van der Waals surface area contributed by atoms with Gasteiger partial charge >= 0.3 is 5.97 Å². The van der Waals surface area contributed by atoms with Gasteiger partial charge in [-0.3, -0.25) is 0 Å². The molecule has 0 bridgehead atoms. The third-order valence-corrected chi connectivity index (χ3v) is 2.97. The Bertz CT molecular complexity index is 480. The number of cyclic esters (lactones) is 1. The van der Waals surface area contributed by atoms with Crippen LogP contribution in [0.1, 0.15) is 34.5 Å². The Kier molecular flexibility index (Phi) is 2.71. The fraction of sp³-hybridized carbons (Fsp3) is 0.417. The Labute approximate surface area is 98.6 Å². The summed E-state index contributed by atoms with van der Waals surface area (Å²) >= 11 is 0. The second kappa shape index (κ2) is 3.92. The first kappa shape index (κ1) is 11.7. The molecule has 0 radical (unpaired) electrons. The molecular weight excluding hydrogens is 224 g/mol. The van der Waals surface area contributed by atoms with Crippen LogP contribution in [0.2, 0.25) is 0 Å². The Hall–Kier alpha value is -1.75. The van der Waals surface area contributed by atoms with E-state index in [1.54, 1.807) is 13.8 Å². The largest absolute Gasteiger partial charge is 0.508 e. The maximum absolute atomic E-state index is 11.7. The van der Waals surface area contributed by atoms with Gasteiger partial charge in [-0.05, 0) is 25.5 Å². The number of phenols is 2. The van der Waals surface area contributed by atoms with Crippen LogP contribution in [0.5, 0.6) is 11.5 Å². The highest BCUT2D eigenvalue weighted by Gasteiger charge is 2.38. The molecule has 1 aromatic rings. The Morgan fingerprint density at radius 3 is 2.65 bits per heavy atom. The summed E-state index contributed by atoms with van der Waals surface area (Å²) in [6.45, 7) is 3.27. The smallest absolute Gasteiger partial charge is 0.342 e. The van der Waals surface area contributed by atoms with E-state index in [9.17, 15) is 15.0 Å². The SMILES string of the molecule is CO[C@H]1c2c(O)cc(C)c(O)c2C(=O)O[C@@H]1C. The van der Waals surface area contributed by atoms with Gasteiger partial charge in [-0.1, -0.05) is 0 Å². The Morgan fingerprint density at radius 2 is 2.06 bits per heavy atom. The van der Waals surface area contributed by atoms with E-state index in [0.717, 1.165) is 0 Å². The van der Waals surface area contributed by atoms with Crippen LogP contribution < -0.4 is 0 Å². The van der Waals surface area contributed by atoms with Crippen molar-refractivity contribution in [1.82, 2.24) is 0 Å². The summed E-state index contributed by atoms with van der Waals surface area (Å²) in [5.74, 6) is -0.875. The minimum absolute atomic E-state index is 0.00699. The lowest BCUT2D eigenvalue weighted by Crippen LogP contribution is -2.31. The topological polar surface area (TPSA) is 76.0 Å². The summed E-state index contributed by atoms with van der Waals surface area (Å²) in [6, 6.07) is 1.41. The zero-order valence-electron chi connectivity index (χ0n) is 9.85. The second-order valence-corrected chi connectivity index (χ2v) is 4.12. The standard InChI is InChI=1S/C12H14O5/c1-5-4-7(13)8-9(10(5)14)12(15)17-6(2)11(8)16-3/h4,6,11,13-14H,1-3H3/t6-,11-/m1/s1. The van der Waals surface area contributed by atoms with E-state index < -0.39 is 18.2 Å². The van der Waals surface area contributed by atoms with Crippen molar-refractivity contribution in [3.63, 3.8) is 0 Å². The van der Waals surface area contributed by atoms with E-state index >= 15 is 0 Å². The van der Waals surface area contributed by atoms with Crippen LogP contribution in [0.4, 0.5) is 0 Å². The van der Waals surface area contributed by atoms with Crippen molar-refractivity contribution in [2.75, 3.05) is 7.11 Å². The normalized spacial score (nSPS) is 23.1. The Balaban J connectivity index is 2.73. The van der Waals surface area contributed by atoms with Gasteiger partial charge in [0.1, 0.15) is 29.3 Å². The van der Waals surface area contributed by atoms with Crippen molar-refractivity contribution < 1.29 is 24.5 Å². The molecule has 0 saturated heterocycles. The molecule has 1 heterocycles. The van der Waals surface area contributed by atoms with Crippen LogP contribution in [0.25, 0.3) is 0 Å². The molecule has 1 aromatic carbocycles. The molecule has 5 nitrogen and oxygen atoms in total. The minimum atomic E-state index is -0.641. The molecule has 0 unspecified atom stereocenters. The lowest BCUT2D eigenvalue weighted by molar-refractivity contribution is -0.0402. The number of aryl methyl sites for hydroxylation is 1. The molecule has 0 aromatic heterocycles. The van der Waals surface area contributed by atoms with Gasteiger partial charge in [0.25, 0.3) is 0 Å². The number of esters is 1. The monoisotopic (exact) mass is 238 g/mol. The number of methoxy groups -OCH3 is 1. The first-order valence-electron chi connectivity index (χ1n) is 5.26. The molecule has 2 rings (SSSR count). The summed E-state index contributed by atoms with van der Waals surface area (Å²) in [7, 11) is 1.46. The fourth-order valence-corrected chi connectivity index (χ4v) is 2.13. The highest BCUT2D eigenvalue weighted by Crippen LogP contribution is 2.43. The summed E-state index contributed by atoms with van der Waals surface area (Å²) in [5.41, 5.74) is 0.703. The molecule has 1 aliphatic rings. The number of hydrogen-bond donors (Lipinski definition) is 2. The van der Waals surface area contributed by atoms with Crippen LogP contribution in [0.15, 0.2) is 6.07 Å². The summed E-state index contributed by atoms with van der Waals surface area (Å²) in [4.78, 5) is 11.7. The number of fused-ring (bicyclic) bond motifs is 1. The van der Waals surface area contributed by atoms with Gasteiger partial charge in [0.05, 0.1) is 0 Å². The number of rotatable bonds is 1. The Morgan fingerprint density at radius 1 is 1.41 bits per heavy atom. The number of aromatic hydroxyl groups is 2. The molecule has 92 valence electrons. The first-order chi connectivity index (χ1) is 7.97. The molecule has 0 amide bonds. The number of hydrogen-bond acceptors (Lipinski definition) is 5. The quantitative estimate of drug-likeness (QED) is 0.574. The maximum Gasteiger partial charge on any atom is 0.342 e. The predicted octanol–water partition coefficient (Wildman–Crippen LogP) is 1.65. The fourth-order valence-electron chi connectivity index (χ4n) is 2.13. The van der Waals surface area contributed by atoms with E-state index in [0.29, 0.717) is 11.1 Å². The van der Waals surface area contributed by atoms with Crippen LogP contribution in [0, 0.1) is 6.92 Å². The highest BCUT2D eigenvalue weighted by molar-refractivity contribution is 5.96. The van der Waals surface area contributed by atoms with E-state index in [1.165, 1.54) is 13.2 Å². The van der Waals surface area contributed by atoms with Crippen LogP contribution in [-0.2, 0) is 9.47 Å². The van der Waals surface area contributed by atoms with Crippen LogP contribution in [0.3, 0.4) is 0 Å². The molecule has 17 heavy (non-hydrogen) atoms. The van der Waals surface area contributed by atoms with E-state index in [2.05, 4.69) is 0 Å². The van der Waals surface area contributed by atoms with Crippen molar-refractivity contribution in [1.29, 1.82) is 0 Å². The van der Waals surface area contributed by atoms with Gasteiger partial charge in [-0.25, -0.2) is 4.79 Å². The highest BCUT2D eigenvalue weighted by atomic mass is 16.6. The average Bonchev–Trinajstić information content (AvgIpc) is 2.25. The average molecular weight is 238 g/mol. The predicted molar refractivity (Wildman–Crippen MR) is 59.1 cm³/mol. The van der Waals surface area contributed by atoms with Crippen LogP contribution >= 0.6 is 0 Å². The van der Waals surface area contributed by atoms with Gasteiger partial charge < -0.3 is 19.7 Å². The van der Waals surface area contributed by atoms with E-state index in [1.807, 2.05) is 0 Å². The van der Waals surface area contributed by atoms with Gasteiger partial charge in [0.15, 0.2) is 0 Å². The number of ether oxygens (including phenoxy) is 2. The van der Waals surface area contributed by atoms with Crippen molar-refractivity contribution in [2.24, 2.45) is 0 Å². The molecule has 0 aliphatic carbocycles. The molecule has 0 spiro atoms. The number of carbonyl (C=O) groups is 1. The van der Waals surface area contributed by atoms with E-state index in [4.69, 9.17) is 9.47 Å². The lowest BCUT2D eigenvalue weighted by Gasteiger charge is -2.30. The molecule has 1 aliphatic heterocycles. The number of benzene rings is 1. The van der Waals surface area contributed by atoms with Crippen molar-refractivity contribution >= 4 is 5.97 Å². The molecule has 2 atom stereocenters. The third kappa shape index (κ3) is 1.63. The number of phenolic OH excluding ortho intramolecular Hbond substituents is 2. The molecule has 0 saturated carbocycles. The summed E-state index contributed by atoms with van der Waals surface area (Å²) in [6.07, 6.45) is -1.08. The zero-order valence-corrected chi connectivity index (χ0v) is 9.85. The van der Waals surface area contributed by atoms with Gasteiger partial charge in [-0.2, -0.15) is 0 Å².